The molecule has 4 rings (SSSR count). The van der Waals surface area contributed by atoms with Gasteiger partial charge in [-0.25, -0.2) is 9.97 Å². The Kier molecular flexibility index (Phi) is 6.08. The third kappa shape index (κ3) is 5.10. The van der Waals surface area contributed by atoms with Crippen LogP contribution in [0, 0.1) is 0 Å². The van der Waals surface area contributed by atoms with Gasteiger partial charge in [-0.3, -0.25) is 15.0 Å². The van der Waals surface area contributed by atoms with Crippen molar-refractivity contribution >= 4 is 43.9 Å². The highest BCUT2D eigenvalue weighted by Crippen LogP contribution is 2.22. The van der Waals surface area contributed by atoms with Crippen LogP contribution in [0.15, 0.2) is 29.6 Å². The summed E-state index contributed by atoms with van der Waals surface area (Å²) in [4.78, 5) is 23.5. The summed E-state index contributed by atoms with van der Waals surface area (Å²) in [6.45, 7) is 3.47. The second kappa shape index (κ2) is 8.88. The molecule has 0 atom stereocenters. The molecule has 8 heteroatoms. The molecule has 2 aromatic heterocycles. The van der Waals surface area contributed by atoms with Gasteiger partial charge < -0.3 is 4.74 Å². The van der Waals surface area contributed by atoms with E-state index in [1.165, 1.54) is 30.6 Å². The van der Waals surface area contributed by atoms with Gasteiger partial charge in [-0.2, -0.15) is 0 Å². The molecule has 3 heterocycles. The Labute approximate surface area is 166 Å². The Hall–Kier alpha value is -1.87. The van der Waals surface area contributed by atoms with Gasteiger partial charge >= 0.3 is 0 Å². The van der Waals surface area contributed by atoms with Crippen molar-refractivity contribution in [2.75, 3.05) is 25.0 Å². The number of carbonyl (C=O) groups is 1. The number of amides is 1. The van der Waals surface area contributed by atoms with E-state index in [9.17, 15) is 4.79 Å². The minimum atomic E-state index is -0.185. The zero-order valence-electron chi connectivity index (χ0n) is 15.0. The fourth-order valence-corrected chi connectivity index (χ4v) is 4.77. The van der Waals surface area contributed by atoms with Crippen LogP contribution in [0.4, 0.5) is 5.13 Å². The molecule has 1 aromatic carbocycles. The zero-order chi connectivity index (χ0) is 18.5. The number of likely N-dealkylation sites (tertiary alicyclic amines) is 1. The molecule has 142 valence electrons. The van der Waals surface area contributed by atoms with Crippen molar-refractivity contribution in [3.05, 3.63) is 40.3 Å². The SMILES string of the molecule is O=C(COCc1nc2ccccc2s1)Nc1nc(CN2CCCCC2)cs1. The number of thiazole rings is 2. The number of hydrogen-bond acceptors (Lipinski definition) is 7. The second-order valence-electron chi connectivity index (χ2n) is 6.60. The molecule has 0 radical (unpaired) electrons. The van der Waals surface area contributed by atoms with Crippen LogP contribution in [0.5, 0.6) is 0 Å². The predicted octanol–water partition coefficient (Wildman–Crippen LogP) is 3.89. The fourth-order valence-electron chi connectivity index (χ4n) is 3.15. The van der Waals surface area contributed by atoms with E-state index in [2.05, 4.69) is 20.2 Å². The number of rotatable bonds is 7. The maximum Gasteiger partial charge on any atom is 0.252 e. The number of nitrogens with zero attached hydrogens (tertiary/aromatic N) is 3. The topological polar surface area (TPSA) is 67.3 Å². The van der Waals surface area contributed by atoms with Crippen molar-refractivity contribution in [3.63, 3.8) is 0 Å². The van der Waals surface area contributed by atoms with E-state index in [1.807, 2.05) is 29.6 Å². The van der Waals surface area contributed by atoms with Crippen molar-refractivity contribution in [1.82, 2.24) is 14.9 Å². The van der Waals surface area contributed by atoms with Crippen LogP contribution in [-0.2, 0) is 22.7 Å². The fraction of sp³-hybridized carbons (Fsp3) is 0.421. The van der Waals surface area contributed by atoms with Gasteiger partial charge in [0.15, 0.2) is 5.13 Å². The van der Waals surface area contributed by atoms with Crippen molar-refractivity contribution in [2.45, 2.75) is 32.4 Å². The molecule has 6 nitrogen and oxygen atoms in total. The Bertz CT molecular complexity index is 869. The first kappa shape index (κ1) is 18.5. The molecule has 1 aliphatic rings. The zero-order valence-corrected chi connectivity index (χ0v) is 16.7. The monoisotopic (exact) mass is 402 g/mol. The molecule has 0 spiro atoms. The highest BCUT2D eigenvalue weighted by atomic mass is 32.1. The number of fused-ring (bicyclic) bond motifs is 1. The molecule has 3 aromatic rings. The molecule has 1 N–H and O–H groups in total. The number of piperidine rings is 1. The summed E-state index contributed by atoms with van der Waals surface area (Å²) in [5.74, 6) is -0.185. The van der Waals surface area contributed by atoms with Gasteiger partial charge in [0.25, 0.3) is 5.91 Å². The summed E-state index contributed by atoms with van der Waals surface area (Å²) >= 11 is 3.05. The second-order valence-corrected chi connectivity index (χ2v) is 8.57. The molecule has 1 aliphatic heterocycles. The van der Waals surface area contributed by atoms with Gasteiger partial charge in [0.05, 0.1) is 22.5 Å². The van der Waals surface area contributed by atoms with E-state index in [-0.39, 0.29) is 12.5 Å². The average Bonchev–Trinajstić information content (AvgIpc) is 3.28. The number of para-hydroxylation sites is 1. The van der Waals surface area contributed by atoms with Crippen molar-refractivity contribution in [2.24, 2.45) is 0 Å². The van der Waals surface area contributed by atoms with Crippen molar-refractivity contribution < 1.29 is 9.53 Å². The number of aromatic nitrogens is 2. The Morgan fingerprint density at radius 1 is 1.19 bits per heavy atom. The first-order chi connectivity index (χ1) is 13.3. The molecule has 1 amide bonds. The maximum atomic E-state index is 12.1. The summed E-state index contributed by atoms with van der Waals surface area (Å²) < 4.78 is 6.65. The van der Waals surface area contributed by atoms with E-state index in [0.717, 1.165) is 40.6 Å². The lowest BCUT2D eigenvalue weighted by molar-refractivity contribution is -0.121. The Balaban J connectivity index is 1.22. The van der Waals surface area contributed by atoms with Crippen LogP contribution in [0.3, 0.4) is 0 Å². The lowest BCUT2D eigenvalue weighted by Gasteiger charge is -2.25. The van der Waals surface area contributed by atoms with E-state index in [1.54, 1.807) is 11.3 Å². The van der Waals surface area contributed by atoms with Crippen LogP contribution in [0.25, 0.3) is 10.2 Å². The van der Waals surface area contributed by atoms with Gasteiger partial charge in [0.2, 0.25) is 0 Å². The highest BCUT2D eigenvalue weighted by molar-refractivity contribution is 7.18. The molecule has 27 heavy (non-hydrogen) atoms. The quantitative estimate of drug-likeness (QED) is 0.649. The Morgan fingerprint density at radius 3 is 2.89 bits per heavy atom. The molecule has 0 saturated carbocycles. The average molecular weight is 403 g/mol. The van der Waals surface area contributed by atoms with E-state index in [0.29, 0.717) is 11.7 Å². The van der Waals surface area contributed by atoms with Crippen LogP contribution in [0.1, 0.15) is 30.0 Å². The van der Waals surface area contributed by atoms with Crippen LogP contribution in [0.2, 0.25) is 0 Å². The summed E-state index contributed by atoms with van der Waals surface area (Å²) in [6, 6.07) is 7.97. The van der Waals surface area contributed by atoms with Crippen LogP contribution in [-0.4, -0.2) is 40.5 Å². The summed E-state index contributed by atoms with van der Waals surface area (Å²) in [7, 11) is 0. The smallest absolute Gasteiger partial charge is 0.252 e. The molecule has 0 bridgehead atoms. The largest absolute Gasteiger partial charge is 0.364 e. The number of ether oxygens (including phenoxy) is 1. The first-order valence-corrected chi connectivity index (χ1v) is 10.8. The van der Waals surface area contributed by atoms with Gasteiger partial charge in [-0.15, -0.1) is 22.7 Å². The van der Waals surface area contributed by atoms with Gasteiger partial charge in [-0.1, -0.05) is 18.6 Å². The highest BCUT2D eigenvalue weighted by Gasteiger charge is 2.13. The Morgan fingerprint density at radius 2 is 2.04 bits per heavy atom. The van der Waals surface area contributed by atoms with E-state index in [4.69, 9.17) is 4.74 Å². The minimum absolute atomic E-state index is 0.00301. The molecular formula is C19H22N4O2S2. The summed E-state index contributed by atoms with van der Waals surface area (Å²) in [6.07, 6.45) is 3.85. The lowest BCUT2D eigenvalue weighted by atomic mass is 10.1. The molecular weight excluding hydrogens is 380 g/mol. The summed E-state index contributed by atoms with van der Waals surface area (Å²) in [5, 5.41) is 6.35. The lowest BCUT2D eigenvalue weighted by Crippen LogP contribution is -2.29. The van der Waals surface area contributed by atoms with Crippen molar-refractivity contribution in [1.29, 1.82) is 0 Å². The van der Waals surface area contributed by atoms with Crippen LogP contribution < -0.4 is 5.32 Å². The summed E-state index contributed by atoms with van der Waals surface area (Å²) in [5.41, 5.74) is 1.99. The minimum Gasteiger partial charge on any atom is -0.364 e. The third-order valence-corrected chi connectivity index (χ3v) is 6.25. The molecule has 1 fully saturated rings. The van der Waals surface area contributed by atoms with E-state index >= 15 is 0 Å². The van der Waals surface area contributed by atoms with Crippen molar-refractivity contribution in [3.8, 4) is 0 Å². The maximum absolute atomic E-state index is 12.1. The van der Waals surface area contributed by atoms with Gasteiger partial charge in [-0.05, 0) is 38.1 Å². The first-order valence-electron chi connectivity index (χ1n) is 9.15. The molecule has 0 unspecified atom stereocenters. The number of benzene rings is 1. The number of nitrogens with one attached hydrogen (secondary N) is 1. The number of carbonyl (C=O) groups excluding carboxylic acids is 1. The standard InChI is InChI=1S/C19H22N4O2S2/c24-17(11-25-12-18-21-15-6-2-3-7-16(15)27-18)22-19-20-14(13-26-19)10-23-8-4-1-5-9-23/h2-3,6-7,13H,1,4-5,8-12H2,(H,20,22,24). The van der Waals surface area contributed by atoms with E-state index < -0.39 is 0 Å². The predicted molar refractivity (Wildman–Crippen MR) is 109 cm³/mol. The normalized spacial score (nSPS) is 15.3. The number of anilines is 1. The number of hydrogen-bond donors (Lipinski definition) is 1. The molecule has 0 aliphatic carbocycles. The van der Waals surface area contributed by atoms with Gasteiger partial charge in [0.1, 0.15) is 11.6 Å². The molecule has 1 saturated heterocycles. The third-order valence-electron chi connectivity index (χ3n) is 4.43. The van der Waals surface area contributed by atoms with Gasteiger partial charge in [0, 0.05) is 11.9 Å². The van der Waals surface area contributed by atoms with Crippen LogP contribution >= 0.6 is 22.7 Å².